The lowest BCUT2D eigenvalue weighted by atomic mass is 10.2. The van der Waals surface area contributed by atoms with Gasteiger partial charge in [0.25, 0.3) is 0 Å². The van der Waals surface area contributed by atoms with Crippen LogP contribution in [0.3, 0.4) is 0 Å². The third kappa shape index (κ3) is 6.57. The molecule has 1 atom stereocenters. The summed E-state index contributed by atoms with van der Waals surface area (Å²) in [4.78, 5) is 12.3. The third-order valence-electron chi connectivity index (χ3n) is 3.90. The van der Waals surface area contributed by atoms with Crippen LogP contribution < -0.4 is 5.32 Å². The quantitative estimate of drug-likeness (QED) is 0.557. The van der Waals surface area contributed by atoms with Crippen molar-refractivity contribution in [2.24, 2.45) is 0 Å². The van der Waals surface area contributed by atoms with E-state index in [2.05, 4.69) is 15.5 Å². The van der Waals surface area contributed by atoms with Crippen molar-refractivity contribution in [2.75, 3.05) is 6.61 Å². The van der Waals surface area contributed by atoms with Crippen LogP contribution in [-0.2, 0) is 16.1 Å². The van der Waals surface area contributed by atoms with Gasteiger partial charge in [0.1, 0.15) is 11.6 Å². The van der Waals surface area contributed by atoms with Crippen LogP contribution in [-0.4, -0.2) is 28.5 Å². The molecule has 0 bridgehead atoms. The standard InChI is InChI=1S/C22H24ClN3O4/c1-22(2,3)30-21(27)24-18(14-28-13-15-8-5-4-6-9-15)20-26-25-19(29-20)16-10-7-11-17(23)12-16/h4-12,18H,13-14H2,1-3H3,(H,24,27)/t18-/m0/s1. The molecule has 0 saturated heterocycles. The van der Waals surface area contributed by atoms with Crippen LogP contribution in [0.4, 0.5) is 4.79 Å². The smallest absolute Gasteiger partial charge is 0.408 e. The Morgan fingerprint density at radius 1 is 1.13 bits per heavy atom. The lowest BCUT2D eigenvalue weighted by Gasteiger charge is -2.22. The van der Waals surface area contributed by atoms with Gasteiger partial charge in [-0.3, -0.25) is 0 Å². The summed E-state index contributed by atoms with van der Waals surface area (Å²) in [6.07, 6.45) is -0.599. The van der Waals surface area contributed by atoms with Gasteiger partial charge in [0, 0.05) is 10.6 Å². The summed E-state index contributed by atoms with van der Waals surface area (Å²) in [6.45, 7) is 5.88. The van der Waals surface area contributed by atoms with Crippen LogP contribution >= 0.6 is 11.6 Å². The van der Waals surface area contributed by atoms with Gasteiger partial charge >= 0.3 is 6.09 Å². The Morgan fingerprint density at radius 2 is 1.90 bits per heavy atom. The Labute approximate surface area is 180 Å². The van der Waals surface area contributed by atoms with Crippen LogP contribution in [0.2, 0.25) is 5.02 Å². The normalized spacial score (nSPS) is 12.4. The lowest BCUT2D eigenvalue weighted by molar-refractivity contribution is 0.0405. The summed E-state index contributed by atoms with van der Waals surface area (Å²) < 4.78 is 16.9. The minimum absolute atomic E-state index is 0.130. The highest BCUT2D eigenvalue weighted by Gasteiger charge is 2.25. The van der Waals surface area contributed by atoms with Gasteiger partial charge < -0.3 is 19.2 Å². The Balaban J connectivity index is 1.73. The van der Waals surface area contributed by atoms with Gasteiger partial charge in [-0.15, -0.1) is 10.2 Å². The van der Waals surface area contributed by atoms with Crippen molar-refractivity contribution in [3.8, 4) is 11.5 Å². The van der Waals surface area contributed by atoms with Crippen molar-refractivity contribution in [2.45, 2.75) is 39.0 Å². The molecule has 1 N–H and O–H groups in total. The molecule has 8 heteroatoms. The highest BCUT2D eigenvalue weighted by molar-refractivity contribution is 6.30. The molecule has 3 rings (SSSR count). The molecule has 1 heterocycles. The molecule has 0 saturated carbocycles. The van der Waals surface area contributed by atoms with E-state index >= 15 is 0 Å². The largest absolute Gasteiger partial charge is 0.444 e. The Hall–Kier alpha value is -2.90. The van der Waals surface area contributed by atoms with Gasteiger partial charge in [-0.1, -0.05) is 48.0 Å². The SMILES string of the molecule is CC(C)(C)OC(=O)N[C@@H](COCc1ccccc1)c1nnc(-c2cccc(Cl)c2)o1. The van der Waals surface area contributed by atoms with Crippen molar-refractivity contribution in [3.05, 3.63) is 71.1 Å². The van der Waals surface area contributed by atoms with E-state index in [9.17, 15) is 4.79 Å². The summed E-state index contributed by atoms with van der Waals surface area (Å²) >= 11 is 6.04. The molecule has 0 aliphatic heterocycles. The summed E-state index contributed by atoms with van der Waals surface area (Å²) in [5.74, 6) is 0.510. The fourth-order valence-electron chi connectivity index (χ4n) is 2.61. The number of nitrogens with zero attached hydrogens (tertiary/aromatic N) is 2. The second-order valence-corrected chi connectivity index (χ2v) is 8.09. The van der Waals surface area contributed by atoms with Crippen LogP contribution in [0.5, 0.6) is 0 Å². The van der Waals surface area contributed by atoms with Gasteiger partial charge in [0.05, 0.1) is 13.2 Å². The van der Waals surface area contributed by atoms with Crippen molar-refractivity contribution < 1.29 is 18.7 Å². The summed E-state index contributed by atoms with van der Waals surface area (Å²) in [5.41, 5.74) is 1.06. The number of hydrogen-bond acceptors (Lipinski definition) is 6. The molecule has 30 heavy (non-hydrogen) atoms. The number of amides is 1. The first kappa shape index (κ1) is 21.8. The lowest BCUT2D eigenvalue weighted by Crippen LogP contribution is -2.36. The topological polar surface area (TPSA) is 86.5 Å². The van der Waals surface area contributed by atoms with Crippen molar-refractivity contribution in [3.63, 3.8) is 0 Å². The predicted octanol–water partition coefficient (Wildman–Crippen LogP) is 5.17. The zero-order valence-corrected chi connectivity index (χ0v) is 17.8. The number of ether oxygens (including phenoxy) is 2. The van der Waals surface area contributed by atoms with E-state index in [4.69, 9.17) is 25.5 Å². The number of rotatable bonds is 7. The zero-order chi connectivity index (χ0) is 21.6. The summed E-state index contributed by atoms with van der Waals surface area (Å²) in [6, 6.07) is 16.1. The fourth-order valence-corrected chi connectivity index (χ4v) is 2.80. The number of aromatic nitrogens is 2. The van der Waals surface area contributed by atoms with Gasteiger partial charge in [-0.05, 0) is 44.5 Å². The molecule has 0 fully saturated rings. The van der Waals surface area contributed by atoms with E-state index < -0.39 is 17.7 Å². The van der Waals surface area contributed by atoms with E-state index in [1.807, 2.05) is 36.4 Å². The zero-order valence-electron chi connectivity index (χ0n) is 17.1. The maximum Gasteiger partial charge on any atom is 0.408 e. The molecular formula is C22H24ClN3O4. The highest BCUT2D eigenvalue weighted by atomic mass is 35.5. The van der Waals surface area contributed by atoms with Gasteiger partial charge in [-0.2, -0.15) is 0 Å². The molecule has 2 aromatic carbocycles. The van der Waals surface area contributed by atoms with Crippen molar-refractivity contribution >= 4 is 17.7 Å². The molecular weight excluding hydrogens is 406 g/mol. The number of benzene rings is 2. The monoisotopic (exact) mass is 429 g/mol. The number of carbonyl (C=O) groups excluding carboxylic acids is 1. The Bertz CT molecular complexity index is 970. The molecule has 0 aliphatic rings. The molecule has 0 aliphatic carbocycles. The molecule has 0 spiro atoms. The van der Waals surface area contributed by atoms with E-state index in [0.717, 1.165) is 5.56 Å². The Kier molecular flexibility index (Phi) is 7.07. The van der Waals surface area contributed by atoms with Crippen LogP contribution in [0.25, 0.3) is 11.5 Å². The van der Waals surface area contributed by atoms with Crippen LogP contribution in [0, 0.1) is 0 Å². The van der Waals surface area contributed by atoms with E-state index in [-0.39, 0.29) is 12.5 Å². The average Bonchev–Trinajstić information content (AvgIpc) is 3.17. The minimum Gasteiger partial charge on any atom is -0.444 e. The molecule has 1 amide bonds. The molecule has 7 nitrogen and oxygen atoms in total. The highest BCUT2D eigenvalue weighted by Crippen LogP contribution is 2.24. The predicted molar refractivity (Wildman–Crippen MR) is 113 cm³/mol. The number of carbonyl (C=O) groups is 1. The first-order chi connectivity index (χ1) is 14.3. The van der Waals surface area contributed by atoms with Crippen LogP contribution in [0.1, 0.15) is 38.3 Å². The van der Waals surface area contributed by atoms with E-state index in [0.29, 0.717) is 23.1 Å². The first-order valence-electron chi connectivity index (χ1n) is 9.51. The molecule has 0 radical (unpaired) electrons. The Morgan fingerprint density at radius 3 is 2.60 bits per heavy atom. The number of alkyl carbamates (subject to hydrolysis) is 1. The van der Waals surface area contributed by atoms with Gasteiger partial charge in [0.15, 0.2) is 0 Å². The molecule has 3 aromatic rings. The second kappa shape index (κ2) is 9.73. The minimum atomic E-state index is -0.677. The molecule has 158 valence electrons. The average molecular weight is 430 g/mol. The molecule has 0 unspecified atom stereocenters. The van der Waals surface area contributed by atoms with Crippen molar-refractivity contribution in [1.29, 1.82) is 0 Å². The molecule has 1 aromatic heterocycles. The number of halogens is 1. The van der Waals surface area contributed by atoms with Crippen LogP contribution in [0.15, 0.2) is 59.0 Å². The van der Waals surface area contributed by atoms with E-state index in [1.165, 1.54) is 0 Å². The first-order valence-corrected chi connectivity index (χ1v) is 9.88. The van der Waals surface area contributed by atoms with Crippen molar-refractivity contribution in [1.82, 2.24) is 15.5 Å². The number of nitrogens with one attached hydrogen (secondary N) is 1. The van der Waals surface area contributed by atoms with Gasteiger partial charge in [0.2, 0.25) is 11.8 Å². The fraction of sp³-hybridized carbons (Fsp3) is 0.318. The number of hydrogen-bond donors (Lipinski definition) is 1. The second-order valence-electron chi connectivity index (χ2n) is 7.66. The summed E-state index contributed by atoms with van der Waals surface area (Å²) in [5, 5.41) is 11.5. The maximum atomic E-state index is 12.3. The van der Waals surface area contributed by atoms with Gasteiger partial charge in [-0.25, -0.2) is 4.79 Å². The van der Waals surface area contributed by atoms with E-state index in [1.54, 1.807) is 39.0 Å². The maximum absolute atomic E-state index is 12.3. The third-order valence-corrected chi connectivity index (χ3v) is 4.13. The summed E-state index contributed by atoms with van der Waals surface area (Å²) in [7, 11) is 0.